The molecule has 0 spiro atoms. The Morgan fingerprint density at radius 2 is 2.03 bits per heavy atom. The summed E-state index contributed by atoms with van der Waals surface area (Å²) in [7, 11) is 2.22. The Kier molecular flexibility index (Phi) is 4.78. The molecule has 0 unspecified atom stereocenters. The maximum absolute atomic E-state index is 12.4. The molecule has 0 amide bonds. The first-order valence-corrected chi connectivity index (χ1v) is 11.2. The molecular formula is C25H32N2O2. The molecule has 0 N–H and O–H groups in total. The Bertz CT molecular complexity index is 965. The minimum absolute atomic E-state index is 0.00946. The first kappa shape index (κ1) is 18.9. The fourth-order valence-electron chi connectivity index (χ4n) is 5.76. The van der Waals surface area contributed by atoms with Gasteiger partial charge >= 0.3 is 5.97 Å². The third-order valence-electron chi connectivity index (χ3n) is 7.25. The van der Waals surface area contributed by atoms with Crippen LogP contribution in [0.25, 0.3) is 10.9 Å². The monoisotopic (exact) mass is 392 g/mol. The van der Waals surface area contributed by atoms with E-state index in [4.69, 9.17) is 4.74 Å². The highest BCUT2D eigenvalue weighted by Gasteiger charge is 2.36. The Balaban J connectivity index is 1.44. The van der Waals surface area contributed by atoms with E-state index in [2.05, 4.69) is 60.8 Å². The van der Waals surface area contributed by atoms with E-state index in [0.717, 1.165) is 38.6 Å². The van der Waals surface area contributed by atoms with E-state index in [0.29, 0.717) is 24.6 Å². The fourth-order valence-corrected chi connectivity index (χ4v) is 5.76. The molecule has 29 heavy (non-hydrogen) atoms. The molecule has 4 heteroatoms. The third-order valence-corrected chi connectivity index (χ3v) is 7.25. The van der Waals surface area contributed by atoms with Gasteiger partial charge in [-0.1, -0.05) is 31.1 Å². The van der Waals surface area contributed by atoms with Crippen molar-refractivity contribution in [3.8, 4) is 0 Å². The van der Waals surface area contributed by atoms with E-state index in [1.165, 1.54) is 27.6 Å². The maximum Gasteiger partial charge on any atom is 0.309 e. The number of hydrogen-bond donors (Lipinski definition) is 0. The first-order chi connectivity index (χ1) is 14.0. The fraction of sp³-hybridized carbons (Fsp3) is 0.560. The van der Waals surface area contributed by atoms with Gasteiger partial charge in [-0.15, -0.1) is 0 Å². The number of rotatable bonds is 4. The average molecular weight is 393 g/mol. The van der Waals surface area contributed by atoms with Gasteiger partial charge in [-0.3, -0.25) is 9.69 Å². The highest BCUT2D eigenvalue weighted by molar-refractivity contribution is 5.89. The highest BCUT2D eigenvalue weighted by atomic mass is 16.5. The van der Waals surface area contributed by atoms with E-state index < -0.39 is 0 Å². The van der Waals surface area contributed by atoms with Crippen LogP contribution in [-0.2, 0) is 16.0 Å². The summed E-state index contributed by atoms with van der Waals surface area (Å²) < 4.78 is 8.15. The molecule has 1 aromatic heterocycles. The van der Waals surface area contributed by atoms with Crippen LogP contribution in [0.4, 0.5) is 0 Å². The lowest BCUT2D eigenvalue weighted by molar-refractivity contribution is -0.147. The van der Waals surface area contributed by atoms with Crippen LogP contribution in [0.15, 0.2) is 36.0 Å². The van der Waals surface area contributed by atoms with Crippen LogP contribution in [0.2, 0.25) is 0 Å². The van der Waals surface area contributed by atoms with Crippen LogP contribution in [0.5, 0.6) is 0 Å². The van der Waals surface area contributed by atoms with Crippen molar-refractivity contribution < 1.29 is 9.53 Å². The molecule has 2 atom stereocenters. The molecule has 1 aromatic carbocycles. The third kappa shape index (κ3) is 3.22. The van der Waals surface area contributed by atoms with Crippen molar-refractivity contribution in [1.82, 2.24) is 9.47 Å². The second-order valence-corrected chi connectivity index (χ2v) is 9.52. The lowest BCUT2D eigenvalue weighted by Crippen LogP contribution is -2.44. The van der Waals surface area contributed by atoms with Gasteiger partial charge in [-0.25, -0.2) is 0 Å². The number of fused-ring (bicyclic) bond motifs is 2. The maximum atomic E-state index is 12.4. The Hall–Kier alpha value is -2.07. The zero-order valence-electron chi connectivity index (χ0n) is 17.9. The van der Waals surface area contributed by atoms with Crippen LogP contribution >= 0.6 is 0 Å². The number of hydrogen-bond acceptors (Lipinski definition) is 3. The Morgan fingerprint density at radius 3 is 2.79 bits per heavy atom. The Labute approximate surface area is 173 Å². The quantitative estimate of drug-likeness (QED) is 0.552. The summed E-state index contributed by atoms with van der Waals surface area (Å²) in [6, 6.07) is 7.69. The van der Waals surface area contributed by atoms with Gasteiger partial charge in [0.1, 0.15) is 6.61 Å². The van der Waals surface area contributed by atoms with Gasteiger partial charge in [-0.2, -0.15) is 0 Å². The SMILES string of the molecule is CC(C)n1cc2c3c(cccc31)[C@H]1C=C(COC(=O)C3CCCC3)CN(C)[C@@H]1C2. The molecule has 1 saturated carbocycles. The summed E-state index contributed by atoms with van der Waals surface area (Å²) in [4.78, 5) is 14.8. The molecule has 1 fully saturated rings. The number of carbonyl (C=O) groups is 1. The molecule has 0 radical (unpaired) electrons. The van der Waals surface area contributed by atoms with E-state index in [1.807, 2.05) is 0 Å². The van der Waals surface area contributed by atoms with Crippen molar-refractivity contribution in [2.24, 2.45) is 5.92 Å². The lowest BCUT2D eigenvalue weighted by atomic mass is 9.77. The van der Waals surface area contributed by atoms with Crippen LogP contribution < -0.4 is 0 Å². The molecule has 154 valence electrons. The van der Waals surface area contributed by atoms with Crippen LogP contribution in [0, 0.1) is 5.92 Å². The second kappa shape index (κ2) is 7.32. The summed E-state index contributed by atoms with van der Waals surface area (Å²) in [5.74, 6) is 0.509. The number of benzene rings is 1. The van der Waals surface area contributed by atoms with Gasteiger partial charge in [0.2, 0.25) is 0 Å². The smallest absolute Gasteiger partial charge is 0.309 e. The normalized spacial score (nSPS) is 24.8. The number of ether oxygens (including phenoxy) is 1. The predicted octanol–water partition coefficient (Wildman–Crippen LogP) is 4.84. The first-order valence-electron chi connectivity index (χ1n) is 11.2. The van der Waals surface area contributed by atoms with Gasteiger partial charge < -0.3 is 9.30 Å². The van der Waals surface area contributed by atoms with Gasteiger partial charge in [0, 0.05) is 41.6 Å². The highest BCUT2D eigenvalue weighted by Crippen LogP contribution is 2.43. The van der Waals surface area contributed by atoms with Gasteiger partial charge in [0.25, 0.3) is 0 Å². The average Bonchev–Trinajstić information content (AvgIpc) is 3.36. The van der Waals surface area contributed by atoms with Crippen molar-refractivity contribution in [2.75, 3.05) is 20.2 Å². The van der Waals surface area contributed by atoms with Crippen LogP contribution in [-0.4, -0.2) is 41.7 Å². The molecule has 0 bridgehead atoms. The van der Waals surface area contributed by atoms with E-state index >= 15 is 0 Å². The van der Waals surface area contributed by atoms with Gasteiger partial charge in [0.05, 0.1) is 5.92 Å². The van der Waals surface area contributed by atoms with Gasteiger partial charge in [0.15, 0.2) is 0 Å². The standard InChI is InChI=1S/C25H32N2O2/c1-16(2)27-14-19-12-23-21(20-9-6-10-22(27)24(19)20)11-17(13-26(23)3)15-29-25(28)18-7-4-5-8-18/h6,9-11,14,16,18,21,23H,4-5,7-8,12-13,15H2,1-3H3/t21-,23-/m1/s1. The van der Waals surface area contributed by atoms with Crippen molar-refractivity contribution in [3.05, 3.63) is 47.2 Å². The van der Waals surface area contributed by atoms with E-state index in [9.17, 15) is 4.79 Å². The summed E-state index contributed by atoms with van der Waals surface area (Å²) in [6.45, 7) is 5.83. The summed E-state index contributed by atoms with van der Waals surface area (Å²) >= 11 is 0. The van der Waals surface area contributed by atoms with Crippen molar-refractivity contribution in [1.29, 1.82) is 0 Å². The zero-order valence-corrected chi connectivity index (χ0v) is 17.9. The van der Waals surface area contributed by atoms with E-state index in [1.54, 1.807) is 0 Å². The Morgan fingerprint density at radius 1 is 1.24 bits per heavy atom. The molecule has 1 aliphatic heterocycles. The topological polar surface area (TPSA) is 34.5 Å². The molecule has 4 nitrogen and oxygen atoms in total. The molecule has 0 saturated heterocycles. The number of carbonyl (C=O) groups excluding carboxylic acids is 1. The summed E-state index contributed by atoms with van der Waals surface area (Å²) in [5.41, 5.74) is 5.49. The van der Waals surface area contributed by atoms with E-state index in [-0.39, 0.29) is 11.9 Å². The molecule has 2 aliphatic carbocycles. The van der Waals surface area contributed by atoms with Gasteiger partial charge in [-0.05, 0) is 62.9 Å². The summed E-state index contributed by atoms with van der Waals surface area (Å²) in [6.07, 6.45) is 10.2. The zero-order chi connectivity index (χ0) is 20.1. The molecule has 2 heterocycles. The molecule has 2 aromatic rings. The van der Waals surface area contributed by atoms with Crippen molar-refractivity contribution in [3.63, 3.8) is 0 Å². The predicted molar refractivity (Wildman–Crippen MR) is 116 cm³/mol. The lowest BCUT2D eigenvalue weighted by Gasteiger charge is -2.41. The minimum atomic E-state index is 0.00946. The summed E-state index contributed by atoms with van der Waals surface area (Å²) in [5, 5.41) is 1.44. The number of aromatic nitrogens is 1. The van der Waals surface area contributed by atoms with Crippen LogP contribution in [0.1, 0.15) is 62.6 Å². The van der Waals surface area contributed by atoms with Crippen LogP contribution in [0.3, 0.4) is 0 Å². The molecule has 3 aliphatic rings. The molecule has 5 rings (SSSR count). The van der Waals surface area contributed by atoms with Crippen molar-refractivity contribution >= 4 is 16.9 Å². The second-order valence-electron chi connectivity index (χ2n) is 9.52. The minimum Gasteiger partial charge on any atom is -0.461 e. The molecular weight excluding hydrogens is 360 g/mol. The largest absolute Gasteiger partial charge is 0.461 e. The number of likely N-dealkylation sites (N-methyl/N-ethyl adjacent to an activating group) is 1. The van der Waals surface area contributed by atoms with Crippen molar-refractivity contribution in [2.45, 2.75) is 64.0 Å². The number of esters is 1. The number of nitrogens with zero attached hydrogens (tertiary/aromatic N) is 2.